The summed E-state index contributed by atoms with van der Waals surface area (Å²) in [7, 11) is 1.51. The molecule has 0 amide bonds. The minimum Gasteiger partial charge on any atom is -0.479 e. The number of pyridine rings is 9. The Morgan fingerprint density at radius 2 is 0.908 bits per heavy atom. The number of nitrogens with zero attached hydrogens (tertiary/aromatic N) is 17. The molecule has 0 unspecified atom stereocenters. The number of piperidine rings is 4. The van der Waals surface area contributed by atoms with Crippen LogP contribution in [0.3, 0.4) is 0 Å². The fraction of sp³-hybridized carbons (Fsp3) is 0.263. The minimum atomic E-state index is -0.266. The molecule has 10 aromatic heterocycles. The Balaban J connectivity index is 0.000000134. The summed E-state index contributed by atoms with van der Waals surface area (Å²) in [5, 5.41) is 21.2. The number of allylic oxidation sites excluding steroid dienone is 5. The first-order valence-electron chi connectivity index (χ1n) is 43.7. The number of hydrogen-bond acceptors (Lipinski definition) is 32. The van der Waals surface area contributed by atoms with Crippen molar-refractivity contribution >= 4 is 85.1 Å². The Bertz CT molecular complexity index is 6300. The number of hydrogen-bond donors (Lipinski definition) is 9. The maximum Gasteiger partial charge on any atom is 0.241 e. The monoisotopic (exact) mass is 1760 g/mol. The average molecular weight is 1760 g/mol. The number of carbonyl (C=O) groups excluding carboxylic acids is 4. The second kappa shape index (κ2) is 43.1. The molecule has 668 valence electrons. The number of benzene rings is 2. The highest BCUT2D eigenvalue weighted by molar-refractivity contribution is 6.69. The predicted octanol–water partition coefficient (Wildman–Crippen LogP) is 11.7. The van der Waals surface area contributed by atoms with E-state index in [1.165, 1.54) is 25.6 Å². The molecule has 32 nitrogen and oxygen atoms in total. The molecule has 4 fully saturated rings. The van der Waals surface area contributed by atoms with Crippen molar-refractivity contribution in [3.05, 3.63) is 301 Å². The number of fused-ring (bicyclic) bond motifs is 1. The van der Waals surface area contributed by atoms with E-state index in [1.807, 2.05) is 103 Å². The largest absolute Gasteiger partial charge is 0.479 e. The second-order valence-electron chi connectivity index (χ2n) is 32.7. The van der Waals surface area contributed by atoms with Crippen molar-refractivity contribution in [1.29, 1.82) is 5.41 Å². The number of aliphatic imine (C=N–C) groups is 1. The molecular weight excluding hydrogens is 1650 g/mol. The lowest BCUT2D eigenvalue weighted by molar-refractivity contribution is -0.112. The lowest BCUT2D eigenvalue weighted by Gasteiger charge is -2.33. The highest BCUT2D eigenvalue weighted by Gasteiger charge is 2.30. The van der Waals surface area contributed by atoms with Crippen LogP contribution < -0.4 is 69.2 Å². The molecule has 0 saturated carbocycles. The first kappa shape index (κ1) is 90.7. The van der Waals surface area contributed by atoms with Crippen molar-refractivity contribution in [2.24, 2.45) is 27.9 Å². The highest BCUT2D eigenvalue weighted by atomic mass is 16.5. The molecular formula is C99H105N25O7. The molecule has 2 aromatic carbocycles. The van der Waals surface area contributed by atoms with Gasteiger partial charge in [0, 0.05) is 245 Å². The number of hydroxylamine groups is 2. The van der Waals surface area contributed by atoms with Crippen molar-refractivity contribution in [3.63, 3.8) is 0 Å². The van der Waals surface area contributed by atoms with Gasteiger partial charge in [-0.1, -0.05) is 66.7 Å². The van der Waals surface area contributed by atoms with Crippen molar-refractivity contribution < 1.29 is 33.9 Å². The normalized spacial score (nSPS) is 17.7. The minimum absolute atomic E-state index is 0.0506. The summed E-state index contributed by atoms with van der Waals surface area (Å²) in [6, 6.07) is 42.0. The Morgan fingerprint density at radius 3 is 1.41 bits per heavy atom. The van der Waals surface area contributed by atoms with Crippen LogP contribution in [0, 0.1) is 5.41 Å². The number of anilines is 7. The molecule has 0 bridgehead atoms. The van der Waals surface area contributed by atoms with Crippen LogP contribution in [0.1, 0.15) is 111 Å². The molecule has 131 heavy (non-hydrogen) atoms. The number of Topliss-reactive ketones (excluding diaryl/α,β-unsaturated/α-hetero) is 4. The Kier molecular flexibility index (Phi) is 29.9. The molecule has 32 heteroatoms. The smallest absolute Gasteiger partial charge is 0.241 e. The molecule has 0 aliphatic carbocycles. The van der Waals surface area contributed by atoms with Crippen molar-refractivity contribution in [3.8, 4) is 45.8 Å². The third kappa shape index (κ3) is 22.9. The van der Waals surface area contributed by atoms with Gasteiger partial charge in [-0.05, 0) is 153 Å². The molecule has 0 spiro atoms. The number of nitrogens with two attached hydrogens (primary N) is 7. The maximum atomic E-state index is 13.4. The van der Waals surface area contributed by atoms with Crippen molar-refractivity contribution in [2.75, 3.05) is 96.3 Å². The summed E-state index contributed by atoms with van der Waals surface area (Å²) < 4.78 is 11.1. The van der Waals surface area contributed by atoms with Crippen LogP contribution in [0.5, 0.6) is 11.8 Å². The van der Waals surface area contributed by atoms with E-state index in [2.05, 4.69) is 79.4 Å². The second-order valence-corrected chi connectivity index (χ2v) is 32.7. The van der Waals surface area contributed by atoms with Crippen molar-refractivity contribution in [2.45, 2.75) is 108 Å². The number of aromatic nitrogens is 11. The van der Waals surface area contributed by atoms with E-state index >= 15 is 0 Å². The number of ether oxygens (including phenoxy) is 2. The number of nitrogens with one attached hydrogen (secondary N) is 1. The number of methoxy groups -OCH3 is 1. The van der Waals surface area contributed by atoms with Gasteiger partial charge >= 0.3 is 0 Å². The third-order valence-electron chi connectivity index (χ3n) is 23.2. The van der Waals surface area contributed by atoms with Gasteiger partial charge in [-0.15, -0.1) is 0 Å². The molecule has 4 saturated heterocycles. The van der Waals surface area contributed by atoms with E-state index in [0.717, 1.165) is 176 Å². The van der Waals surface area contributed by atoms with Crippen LogP contribution in [0.15, 0.2) is 261 Å². The lowest BCUT2D eigenvalue weighted by Crippen LogP contribution is -2.43. The van der Waals surface area contributed by atoms with Gasteiger partial charge < -0.3 is 69.2 Å². The zero-order chi connectivity index (χ0) is 91.3. The van der Waals surface area contributed by atoms with Gasteiger partial charge in [0.1, 0.15) is 29.4 Å². The summed E-state index contributed by atoms with van der Waals surface area (Å²) in [6.45, 7) is 7.06. The maximum absolute atomic E-state index is 13.4. The molecule has 6 aliphatic heterocycles. The van der Waals surface area contributed by atoms with Gasteiger partial charge in [-0.3, -0.25) is 54.7 Å². The van der Waals surface area contributed by atoms with Crippen LogP contribution >= 0.6 is 0 Å². The molecule has 12 aromatic rings. The molecule has 0 radical (unpaired) electrons. The first-order valence-corrected chi connectivity index (χ1v) is 43.7. The van der Waals surface area contributed by atoms with Gasteiger partial charge in [0.2, 0.25) is 11.8 Å². The van der Waals surface area contributed by atoms with Gasteiger partial charge in [0.25, 0.3) is 0 Å². The molecule has 16 N–H and O–H groups in total. The van der Waals surface area contributed by atoms with Gasteiger partial charge in [-0.25, -0.2) is 40.0 Å². The fourth-order valence-electron chi connectivity index (χ4n) is 16.7. The third-order valence-corrected chi connectivity index (χ3v) is 23.2. The van der Waals surface area contributed by atoms with Crippen LogP contribution in [0.25, 0.3) is 44.8 Å². The van der Waals surface area contributed by atoms with E-state index in [0.29, 0.717) is 75.3 Å². The van der Waals surface area contributed by atoms with Gasteiger partial charge in [0.15, 0.2) is 28.8 Å². The summed E-state index contributed by atoms with van der Waals surface area (Å²) >= 11 is 0. The van der Waals surface area contributed by atoms with E-state index < -0.39 is 0 Å². The quantitative estimate of drug-likeness (QED) is 0.0269. The molecule has 18 rings (SSSR count). The topological polar surface area (TPSA) is 483 Å². The summed E-state index contributed by atoms with van der Waals surface area (Å²) in [6.07, 6.45) is 38.9. The number of carbonyl (C=O) groups is 4. The Labute approximate surface area is 758 Å². The Hall–Kier alpha value is -15.1. The summed E-state index contributed by atoms with van der Waals surface area (Å²) in [4.78, 5) is 114. The average Bonchev–Trinajstić information content (AvgIpc) is 0.684. The van der Waals surface area contributed by atoms with Gasteiger partial charge in [-0.2, -0.15) is 0 Å². The summed E-state index contributed by atoms with van der Waals surface area (Å²) in [5.41, 5.74) is 57.7. The standard InChI is InChI=1S/C29H30N6O2.C26H26N6O.C22H25N7O2.C22H24N6O2/c30-22-8-5-15-35(18-22)26-13-14-32-17-21(26)16-27(36)29-23(31)11-12-25(34-29)24-9-4-10-28(33-24)37-19-20-6-2-1-3-7-20;27-19-5-3-11-32(16-19)24-9-10-29-14-18(24)12-25(33)26-22(28)7-8-23(31-26)21-15-30-13-17-4-1-2-6-20(17)21;1-31-22-21(26-8-9-27-22)17-5-4-16(24)20(28-17)19(30)11-14-12-25-7-6-18(14)29-10-2-3-15(23)13-29;23-16-4-3-10-27(14-16)19-8-9-25-13-15(19)12-21(29)22-17(24)6-7-18(26-22)20-5-1-2-11-28(20)30/h1-4,6-7,9-14,17,22H,5,8,15-16,18-19,30-31H2;1-2,4,6-10,13-15,19H,3,5,11-12,16,27-28H2;4-9,12,15H,2-3,10-11,13,23-24H2,1H3;1-2,5-9,11,13,16,24,30H,3-4,10,12,14,23H2/t22-;19-;15-;16-/m0000/s1. The Morgan fingerprint density at radius 1 is 0.450 bits per heavy atom. The first-order chi connectivity index (χ1) is 63.7. The van der Waals surface area contributed by atoms with Crippen LogP contribution in [-0.4, -0.2) is 183 Å². The van der Waals surface area contributed by atoms with E-state index in [1.54, 1.807) is 123 Å². The number of ketones is 4. The van der Waals surface area contributed by atoms with Crippen LogP contribution in [0.2, 0.25) is 0 Å². The molecule has 4 atom stereocenters. The fourth-order valence-corrected chi connectivity index (χ4v) is 16.7. The number of rotatable bonds is 23. The predicted molar refractivity (Wildman–Crippen MR) is 509 cm³/mol. The number of dihydropyridines is 1. The highest BCUT2D eigenvalue weighted by Crippen LogP contribution is 2.35. The zero-order valence-corrected chi connectivity index (χ0v) is 72.8. The van der Waals surface area contributed by atoms with Crippen LogP contribution in [-0.2, 0) is 37.1 Å². The van der Waals surface area contributed by atoms with Crippen molar-refractivity contribution in [1.82, 2.24) is 59.9 Å². The lowest BCUT2D eigenvalue weighted by atomic mass is 9.99. The molecule has 6 aliphatic rings. The summed E-state index contributed by atoms with van der Waals surface area (Å²) in [5.74, 6) is 0.0295. The SMILES string of the molecule is COc1nccnc1-c1ccc(N)c(C(=O)Cc2cnccc2N2CCC[C@H](N)C2)n1.N=C1C=CC(=C2C=CC=CN2O)N=C1C(=O)Cc1cnccc1N1CCC[C@H](N)C1.Nc1ccc(-c2cccc(OCc3ccccc3)n2)nc1C(=O)Cc1cnccc1N1CCC[C@H](N)C1.Nc1ccc(-c2cncc3ccccc23)nc1C(=O)Cc1cnccc1N1CCC[C@H](N)C1. The van der Waals surface area contributed by atoms with Gasteiger partial charge in [0.05, 0.1) is 64.1 Å². The van der Waals surface area contributed by atoms with E-state index in [9.17, 15) is 24.4 Å². The van der Waals surface area contributed by atoms with E-state index in [-0.39, 0.29) is 101 Å². The zero-order valence-electron chi connectivity index (χ0n) is 72.8. The van der Waals surface area contributed by atoms with E-state index in [4.69, 9.17) is 55.0 Å². The number of nitrogen functional groups attached to an aromatic ring is 3. The molecule has 16 heterocycles. The van der Waals surface area contributed by atoms with Crippen LogP contribution in [0.4, 0.5) is 39.8 Å².